The van der Waals surface area contributed by atoms with Gasteiger partial charge in [-0.2, -0.15) is 9.97 Å². The number of benzene rings is 1. The Bertz CT molecular complexity index is 1310. The van der Waals surface area contributed by atoms with Crippen molar-refractivity contribution in [3.63, 3.8) is 0 Å². The fourth-order valence-electron chi connectivity index (χ4n) is 4.46. The van der Waals surface area contributed by atoms with Crippen LogP contribution in [-0.4, -0.2) is 64.2 Å². The van der Waals surface area contributed by atoms with Crippen LogP contribution in [0.3, 0.4) is 0 Å². The van der Waals surface area contributed by atoms with Gasteiger partial charge in [-0.1, -0.05) is 19.1 Å². The number of aliphatic hydroxyl groups is 1. The lowest BCUT2D eigenvalue weighted by Crippen LogP contribution is -2.30. The average Bonchev–Trinajstić information content (AvgIpc) is 3.46. The van der Waals surface area contributed by atoms with Crippen molar-refractivity contribution < 1.29 is 9.90 Å². The van der Waals surface area contributed by atoms with Gasteiger partial charge in [0.05, 0.1) is 29.5 Å². The molecule has 1 aromatic carbocycles. The Morgan fingerprint density at radius 1 is 1.19 bits per heavy atom. The van der Waals surface area contributed by atoms with Crippen molar-refractivity contribution in [2.45, 2.75) is 38.5 Å². The van der Waals surface area contributed by atoms with Crippen molar-refractivity contribution in [2.24, 2.45) is 0 Å². The van der Waals surface area contributed by atoms with Gasteiger partial charge in [-0.25, -0.2) is 9.97 Å². The van der Waals surface area contributed by atoms with E-state index in [1.165, 1.54) is 0 Å². The zero-order valence-electron chi connectivity index (χ0n) is 17.7. The molecule has 32 heavy (non-hydrogen) atoms. The van der Waals surface area contributed by atoms with E-state index in [4.69, 9.17) is 11.5 Å². The van der Waals surface area contributed by atoms with Gasteiger partial charge in [-0.05, 0) is 12.1 Å². The maximum Gasteiger partial charge on any atom is 0.224 e. The Labute approximate surface area is 183 Å². The predicted molar refractivity (Wildman–Crippen MR) is 119 cm³/mol. The van der Waals surface area contributed by atoms with Gasteiger partial charge in [0.1, 0.15) is 11.3 Å². The number of likely N-dealkylation sites (tertiary alicyclic amines) is 1. The van der Waals surface area contributed by atoms with E-state index in [1.807, 2.05) is 24.3 Å². The van der Waals surface area contributed by atoms with Crippen molar-refractivity contribution in [1.29, 1.82) is 0 Å². The molecule has 3 aromatic heterocycles. The van der Waals surface area contributed by atoms with Gasteiger partial charge in [0.25, 0.3) is 0 Å². The Morgan fingerprint density at radius 3 is 2.81 bits per heavy atom. The summed E-state index contributed by atoms with van der Waals surface area (Å²) < 4.78 is 3.82. The molecule has 0 aliphatic carbocycles. The molecule has 0 bridgehead atoms. The molecule has 5 N–H and O–H groups in total. The van der Waals surface area contributed by atoms with E-state index in [-0.39, 0.29) is 24.2 Å². The summed E-state index contributed by atoms with van der Waals surface area (Å²) in [6.07, 6.45) is 1.91. The molecular weight excluding hydrogens is 410 g/mol. The van der Waals surface area contributed by atoms with Crippen LogP contribution in [0.2, 0.25) is 0 Å². The third-order valence-electron chi connectivity index (χ3n) is 6.03. The molecule has 1 fully saturated rings. The maximum absolute atomic E-state index is 13.0. The highest BCUT2D eigenvalue weighted by atomic mass is 16.3. The monoisotopic (exact) mass is 435 g/mol. The summed E-state index contributed by atoms with van der Waals surface area (Å²) in [4.78, 5) is 31.7. The molecule has 5 rings (SSSR count). The van der Waals surface area contributed by atoms with Crippen LogP contribution < -0.4 is 11.5 Å². The molecule has 1 aliphatic heterocycles. The zero-order valence-corrected chi connectivity index (χ0v) is 17.7. The van der Waals surface area contributed by atoms with Gasteiger partial charge >= 0.3 is 0 Å². The highest BCUT2D eigenvalue weighted by Crippen LogP contribution is 2.28. The number of amides is 1. The normalized spacial score (nSPS) is 18.8. The number of rotatable bonds is 5. The van der Waals surface area contributed by atoms with Crippen molar-refractivity contribution in [3.05, 3.63) is 36.4 Å². The SMILES string of the molecule is CCc1nc2ccccc2n1CCC(=O)N1C[C@H](O)[C@@H](n2cnc3c(N)nc(N)nc32)C1. The van der Waals surface area contributed by atoms with Gasteiger partial charge < -0.3 is 30.6 Å². The summed E-state index contributed by atoms with van der Waals surface area (Å²) in [7, 11) is 0. The second-order valence-corrected chi connectivity index (χ2v) is 8.00. The Kier molecular flexibility index (Phi) is 4.89. The van der Waals surface area contributed by atoms with Crippen LogP contribution in [0.4, 0.5) is 11.8 Å². The first kappa shape index (κ1) is 20.2. The van der Waals surface area contributed by atoms with Crippen molar-refractivity contribution >= 4 is 39.9 Å². The molecule has 0 saturated carbocycles. The predicted octanol–water partition coefficient (Wildman–Crippen LogP) is 0.737. The number of aryl methyl sites for hydroxylation is 2. The molecule has 166 valence electrons. The van der Waals surface area contributed by atoms with E-state index in [0.29, 0.717) is 30.7 Å². The zero-order chi connectivity index (χ0) is 22.4. The number of imidazole rings is 2. The third-order valence-corrected chi connectivity index (χ3v) is 6.03. The number of nitrogen functional groups attached to an aromatic ring is 2. The average molecular weight is 435 g/mol. The van der Waals surface area contributed by atoms with Crippen LogP contribution in [0.1, 0.15) is 25.2 Å². The summed E-state index contributed by atoms with van der Waals surface area (Å²) in [5.41, 5.74) is 14.5. The standard InChI is InChI=1S/C21H25N9O2/c1-2-16-25-12-5-3-4-6-13(12)29(16)8-7-17(32)28-9-14(15(31)10-28)30-11-24-18-19(22)26-21(23)27-20(18)30/h3-6,11,14-15,31H,2,7-10H2,1H3,(H4,22,23,26,27)/t14-,15-/m0/s1. The van der Waals surface area contributed by atoms with E-state index in [1.54, 1.807) is 15.8 Å². The number of nitrogens with zero attached hydrogens (tertiary/aromatic N) is 7. The largest absolute Gasteiger partial charge is 0.389 e. The highest BCUT2D eigenvalue weighted by Gasteiger charge is 2.36. The number of anilines is 2. The van der Waals surface area contributed by atoms with E-state index in [2.05, 4.69) is 31.4 Å². The van der Waals surface area contributed by atoms with Crippen LogP contribution in [0.25, 0.3) is 22.2 Å². The maximum atomic E-state index is 13.0. The van der Waals surface area contributed by atoms with Gasteiger partial charge in [-0.15, -0.1) is 0 Å². The number of carbonyl (C=O) groups is 1. The minimum atomic E-state index is -0.756. The summed E-state index contributed by atoms with van der Waals surface area (Å²) in [5, 5.41) is 10.7. The molecular formula is C21H25N9O2. The topological polar surface area (TPSA) is 154 Å². The second-order valence-electron chi connectivity index (χ2n) is 8.00. The fraction of sp³-hybridized carbons (Fsp3) is 0.381. The minimum absolute atomic E-state index is 0.0236. The summed E-state index contributed by atoms with van der Waals surface area (Å²) >= 11 is 0. The molecule has 0 spiro atoms. The molecule has 11 nitrogen and oxygen atoms in total. The highest BCUT2D eigenvalue weighted by molar-refractivity contribution is 5.83. The number of nitrogens with two attached hydrogens (primary N) is 2. The quantitative estimate of drug-likeness (QED) is 0.415. The van der Waals surface area contributed by atoms with Crippen molar-refractivity contribution in [1.82, 2.24) is 34.0 Å². The molecule has 0 unspecified atom stereocenters. The lowest BCUT2D eigenvalue weighted by Gasteiger charge is -2.18. The van der Waals surface area contributed by atoms with E-state index in [9.17, 15) is 9.90 Å². The Morgan fingerprint density at radius 2 is 2.00 bits per heavy atom. The van der Waals surface area contributed by atoms with Gasteiger partial charge in [0.15, 0.2) is 11.5 Å². The summed E-state index contributed by atoms with van der Waals surface area (Å²) in [6.45, 7) is 3.18. The lowest BCUT2D eigenvalue weighted by atomic mass is 10.2. The molecule has 4 heterocycles. The Balaban J connectivity index is 1.33. The number of hydrogen-bond acceptors (Lipinski definition) is 8. The molecule has 0 radical (unpaired) electrons. The van der Waals surface area contributed by atoms with E-state index < -0.39 is 12.1 Å². The van der Waals surface area contributed by atoms with Crippen molar-refractivity contribution in [3.8, 4) is 0 Å². The van der Waals surface area contributed by atoms with Crippen LogP contribution in [0.5, 0.6) is 0 Å². The first-order valence-electron chi connectivity index (χ1n) is 10.6. The van der Waals surface area contributed by atoms with Crippen molar-refractivity contribution in [2.75, 3.05) is 24.6 Å². The number of hydrogen-bond donors (Lipinski definition) is 3. The molecule has 4 aromatic rings. The number of para-hydroxylation sites is 2. The van der Waals surface area contributed by atoms with Crippen LogP contribution in [0.15, 0.2) is 30.6 Å². The molecule has 2 atom stereocenters. The number of aromatic nitrogens is 6. The molecule has 1 aliphatic rings. The number of aliphatic hydroxyl groups excluding tert-OH is 1. The smallest absolute Gasteiger partial charge is 0.224 e. The van der Waals surface area contributed by atoms with Gasteiger partial charge in [-0.3, -0.25) is 4.79 Å². The lowest BCUT2D eigenvalue weighted by molar-refractivity contribution is -0.130. The number of carbonyl (C=O) groups excluding carboxylic acids is 1. The number of β-amino-alcohol motifs (C(OH)–C–C–N with tert-alkyl or cyclic N) is 1. The summed E-state index contributed by atoms with van der Waals surface area (Å²) in [6, 6.07) is 7.54. The first-order chi connectivity index (χ1) is 15.5. The summed E-state index contributed by atoms with van der Waals surface area (Å²) in [5.74, 6) is 1.16. The van der Waals surface area contributed by atoms with Crippen LogP contribution in [0, 0.1) is 0 Å². The minimum Gasteiger partial charge on any atom is -0.389 e. The Hall–Kier alpha value is -3.73. The van der Waals surface area contributed by atoms with E-state index >= 15 is 0 Å². The van der Waals surface area contributed by atoms with Gasteiger partial charge in [0.2, 0.25) is 11.9 Å². The molecule has 1 amide bonds. The second kappa shape index (κ2) is 7.75. The van der Waals surface area contributed by atoms with Crippen LogP contribution in [-0.2, 0) is 17.8 Å². The number of fused-ring (bicyclic) bond motifs is 2. The molecule has 11 heteroatoms. The van der Waals surface area contributed by atoms with Crippen LogP contribution >= 0.6 is 0 Å². The first-order valence-corrected chi connectivity index (χ1v) is 10.6. The molecule has 1 saturated heterocycles. The van der Waals surface area contributed by atoms with Gasteiger partial charge in [0, 0.05) is 32.5 Å². The third kappa shape index (κ3) is 3.30. The van der Waals surface area contributed by atoms with E-state index in [0.717, 1.165) is 23.3 Å². The fourth-order valence-corrected chi connectivity index (χ4v) is 4.46.